The number of carbonyl (C=O) groups is 2. The summed E-state index contributed by atoms with van der Waals surface area (Å²) in [5, 5.41) is 5.22. The van der Waals surface area contributed by atoms with Gasteiger partial charge in [-0.15, -0.1) is 11.3 Å². The van der Waals surface area contributed by atoms with Crippen molar-refractivity contribution in [2.45, 2.75) is 13.0 Å². The van der Waals surface area contributed by atoms with Gasteiger partial charge < -0.3 is 10.1 Å². The van der Waals surface area contributed by atoms with E-state index in [-0.39, 0.29) is 16.4 Å². The van der Waals surface area contributed by atoms with Crippen LogP contribution in [0.5, 0.6) is 0 Å². The number of rotatable bonds is 5. The highest BCUT2D eigenvalue weighted by atomic mass is 35.5. The van der Waals surface area contributed by atoms with E-state index >= 15 is 0 Å². The van der Waals surface area contributed by atoms with E-state index in [1.807, 2.05) is 6.07 Å². The second-order valence-electron chi connectivity index (χ2n) is 5.71. The first-order valence-electron chi connectivity index (χ1n) is 8.02. The zero-order valence-corrected chi connectivity index (χ0v) is 16.7. The number of nitrogens with one attached hydrogen (secondary N) is 1. The Morgan fingerprint density at radius 1 is 1.21 bits per heavy atom. The second-order valence-corrected chi connectivity index (χ2v) is 7.41. The van der Waals surface area contributed by atoms with E-state index in [1.54, 1.807) is 23.6 Å². The number of amides is 1. The zero-order chi connectivity index (χ0) is 20.3. The molecule has 5 nitrogen and oxygen atoms in total. The summed E-state index contributed by atoms with van der Waals surface area (Å²) >= 11 is 13.1. The Balaban J connectivity index is 1.64. The van der Waals surface area contributed by atoms with Crippen molar-refractivity contribution < 1.29 is 18.7 Å². The molecule has 144 valence electrons. The summed E-state index contributed by atoms with van der Waals surface area (Å²) in [6.07, 6.45) is -1.11. The molecule has 0 aliphatic carbocycles. The first-order valence-corrected chi connectivity index (χ1v) is 9.65. The average molecular weight is 439 g/mol. The number of benzene rings is 2. The fourth-order valence-corrected chi connectivity index (χ4v) is 3.41. The number of nitrogens with zero attached hydrogens (tertiary/aromatic N) is 1. The van der Waals surface area contributed by atoms with Crippen molar-refractivity contribution in [3.63, 3.8) is 0 Å². The molecule has 1 N–H and O–H groups in total. The van der Waals surface area contributed by atoms with Gasteiger partial charge in [0.1, 0.15) is 10.8 Å². The highest BCUT2D eigenvalue weighted by Gasteiger charge is 2.22. The maximum Gasteiger partial charge on any atom is 0.358 e. The van der Waals surface area contributed by atoms with Crippen LogP contribution >= 0.6 is 34.5 Å². The molecule has 0 saturated carbocycles. The molecule has 1 heterocycles. The van der Waals surface area contributed by atoms with Crippen LogP contribution in [0.2, 0.25) is 10.0 Å². The summed E-state index contributed by atoms with van der Waals surface area (Å²) in [4.78, 5) is 28.7. The van der Waals surface area contributed by atoms with Crippen molar-refractivity contribution in [3.05, 3.63) is 69.4 Å². The number of hydrogen-bond donors (Lipinski definition) is 1. The number of esters is 1. The number of anilines is 1. The number of halogens is 3. The molecule has 0 aliphatic rings. The third-order valence-corrected chi connectivity index (χ3v) is 5.07. The first-order chi connectivity index (χ1) is 13.3. The van der Waals surface area contributed by atoms with Crippen LogP contribution in [0.1, 0.15) is 17.4 Å². The maximum atomic E-state index is 13.1. The van der Waals surface area contributed by atoms with Crippen molar-refractivity contribution >= 4 is 52.1 Å². The van der Waals surface area contributed by atoms with Crippen LogP contribution in [0.3, 0.4) is 0 Å². The van der Waals surface area contributed by atoms with Gasteiger partial charge in [-0.05, 0) is 37.3 Å². The second kappa shape index (κ2) is 8.68. The third-order valence-electron chi connectivity index (χ3n) is 3.63. The molecule has 1 aromatic heterocycles. The molecule has 1 atom stereocenters. The number of thiazole rings is 1. The summed E-state index contributed by atoms with van der Waals surface area (Å²) in [6.45, 7) is 1.41. The fraction of sp³-hybridized carbons (Fsp3) is 0.105. The molecule has 0 aliphatic heterocycles. The van der Waals surface area contributed by atoms with Gasteiger partial charge in [0, 0.05) is 16.0 Å². The minimum Gasteiger partial charge on any atom is -0.448 e. The van der Waals surface area contributed by atoms with Crippen LogP contribution in [-0.2, 0) is 9.53 Å². The molecular formula is C19H13Cl2FN2O3S. The van der Waals surface area contributed by atoms with E-state index in [1.165, 1.54) is 24.3 Å². The van der Waals surface area contributed by atoms with E-state index in [9.17, 15) is 14.0 Å². The SMILES string of the molecule is CC(OC(=O)c1csc(-c2cccc(Cl)c2)n1)C(=O)Nc1ccc(F)cc1Cl. The van der Waals surface area contributed by atoms with Crippen LogP contribution in [0, 0.1) is 5.82 Å². The van der Waals surface area contributed by atoms with Crippen molar-refractivity contribution in [2.24, 2.45) is 0 Å². The van der Waals surface area contributed by atoms with E-state index in [4.69, 9.17) is 27.9 Å². The minimum absolute atomic E-state index is 0.0394. The molecule has 1 amide bonds. The third kappa shape index (κ3) is 4.86. The van der Waals surface area contributed by atoms with Crippen LogP contribution < -0.4 is 5.32 Å². The summed E-state index contributed by atoms with van der Waals surface area (Å²) < 4.78 is 18.2. The van der Waals surface area contributed by atoms with E-state index in [0.29, 0.717) is 10.0 Å². The van der Waals surface area contributed by atoms with Crippen molar-refractivity contribution in [1.29, 1.82) is 0 Å². The summed E-state index contributed by atoms with van der Waals surface area (Å²) in [5.74, 6) is -1.87. The quantitative estimate of drug-likeness (QED) is 0.538. The largest absolute Gasteiger partial charge is 0.448 e. The maximum absolute atomic E-state index is 13.1. The van der Waals surface area contributed by atoms with Crippen LogP contribution in [0.4, 0.5) is 10.1 Å². The Hall–Kier alpha value is -2.48. The molecule has 9 heteroatoms. The molecular weight excluding hydrogens is 426 g/mol. The van der Waals surface area contributed by atoms with Gasteiger partial charge in [0.05, 0.1) is 10.7 Å². The monoisotopic (exact) mass is 438 g/mol. The lowest BCUT2D eigenvalue weighted by atomic mass is 10.2. The molecule has 0 spiro atoms. The Labute approximate surface area is 174 Å². The Bertz CT molecular complexity index is 1040. The molecule has 0 saturated heterocycles. The summed E-state index contributed by atoms with van der Waals surface area (Å²) in [5.41, 5.74) is 1.07. The Morgan fingerprint density at radius 2 is 2.00 bits per heavy atom. The topological polar surface area (TPSA) is 68.3 Å². The predicted octanol–water partition coefficient (Wildman–Crippen LogP) is 5.44. The normalized spacial score (nSPS) is 11.7. The van der Waals surface area contributed by atoms with Gasteiger partial charge in [0.25, 0.3) is 5.91 Å². The zero-order valence-electron chi connectivity index (χ0n) is 14.4. The smallest absolute Gasteiger partial charge is 0.358 e. The highest BCUT2D eigenvalue weighted by Crippen LogP contribution is 2.26. The van der Waals surface area contributed by atoms with E-state index in [0.717, 1.165) is 17.7 Å². The lowest BCUT2D eigenvalue weighted by Gasteiger charge is -2.13. The number of carbonyl (C=O) groups excluding carboxylic acids is 2. The Morgan fingerprint density at radius 3 is 2.71 bits per heavy atom. The fourth-order valence-electron chi connectivity index (χ4n) is 2.22. The van der Waals surface area contributed by atoms with Gasteiger partial charge >= 0.3 is 5.97 Å². The summed E-state index contributed by atoms with van der Waals surface area (Å²) in [7, 11) is 0. The van der Waals surface area contributed by atoms with Crippen molar-refractivity contribution in [2.75, 3.05) is 5.32 Å². The standard InChI is InChI=1S/C19H13Cl2FN2O3S/c1-10(17(25)23-15-6-5-13(22)8-14(15)21)27-19(26)16-9-28-18(24-16)11-3-2-4-12(20)7-11/h2-10H,1H3,(H,23,25). The lowest BCUT2D eigenvalue weighted by molar-refractivity contribution is -0.123. The highest BCUT2D eigenvalue weighted by molar-refractivity contribution is 7.13. The van der Waals surface area contributed by atoms with E-state index in [2.05, 4.69) is 10.3 Å². The molecule has 0 bridgehead atoms. The van der Waals surface area contributed by atoms with Crippen LogP contribution in [-0.4, -0.2) is 23.0 Å². The Kier molecular flexibility index (Phi) is 6.28. The molecule has 2 aromatic carbocycles. The average Bonchev–Trinajstić information content (AvgIpc) is 3.14. The number of ether oxygens (including phenoxy) is 1. The van der Waals surface area contributed by atoms with Gasteiger partial charge in [-0.25, -0.2) is 14.2 Å². The van der Waals surface area contributed by atoms with Crippen LogP contribution in [0.25, 0.3) is 10.6 Å². The van der Waals surface area contributed by atoms with Gasteiger partial charge in [0.2, 0.25) is 0 Å². The molecule has 1 unspecified atom stereocenters. The molecule has 3 aromatic rings. The van der Waals surface area contributed by atoms with Gasteiger partial charge in [0.15, 0.2) is 11.8 Å². The van der Waals surface area contributed by atoms with Crippen LogP contribution in [0.15, 0.2) is 47.8 Å². The summed E-state index contributed by atoms with van der Waals surface area (Å²) in [6, 6.07) is 10.6. The number of aromatic nitrogens is 1. The van der Waals surface area contributed by atoms with Gasteiger partial charge in [-0.3, -0.25) is 4.79 Å². The van der Waals surface area contributed by atoms with Gasteiger partial charge in [-0.2, -0.15) is 0 Å². The van der Waals surface area contributed by atoms with Crippen molar-refractivity contribution in [1.82, 2.24) is 4.98 Å². The molecule has 28 heavy (non-hydrogen) atoms. The lowest BCUT2D eigenvalue weighted by Crippen LogP contribution is -2.30. The molecule has 0 radical (unpaired) electrons. The molecule has 0 fully saturated rings. The minimum atomic E-state index is -1.11. The number of hydrogen-bond acceptors (Lipinski definition) is 5. The predicted molar refractivity (Wildman–Crippen MR) is 107 cm³/mol. The molecule has 3 rings (SSSR count). The van der Waals surface area contributed by atoms with E-state index < -0.39 is 23.8 Å². The van der Waals surface area contributed by atoms with Gasteiger partial charge in [-0.1, -0.05) is 35.3 Å². The van der Waals surface area contributed by atoms with Crippen molar-refractivity contribution in [3.8, 4) is 10.6 Å². The first kappa shape index (κ1) is 20.3.